The van der Waals surface area contributed by atoms with Crippen LogP contribution in [0.5, 0.6) is 0 Å². The zero-order chi connectivity index (χ0) is 16.4. The third-order valence-corrected chi connectivity index (χ3v) is 3.86. The molecule has 0 fully saturated rings. The minimum atomic E-state index is -0.331. The van der Waals surface area contributed by atoms with E-state index < -0.39 is 0 Å². The summed E-state index contributed by atoms with van der Waals surface area (Å²) in [5, 5.41) is 3.52. The molecular weight excluding hydrogens is 298 g/mol. The van der Waals surface area contributed by atoms with E-state index in [1.807, 2.05) is 0 Å². The number of hydrogen-bond donors (Lipinski definition) is 2. The molecule has 0 aliphatic heterocycles. The van der Waals surface area contributed by atoms with Gasteiger partial charge < -0.3 is 10.3 Å². The molecule has 0 atom stereocenters. The van der Waals surface area contributed by atoms with E-state index in [1.165, 1.54) is 24.3 Å². The van der Waals surface area contributed by atoms with Crippen LogP contribution in [-0.2, 0) is 6.42 Å². The van der Waals surface area contributed by atoms with E-state index in [4.69, 9.17) is 0 Å². The summed E-state index contributed by atoms with van der Waals surface area (Å²) in [6.45, 7) is 2.22. The lowest BCUT2D eigenvalue weighted by Gasteiger charge is -2.05. The van der Waals surface area contributed by atoms with Crippen molar-refractivity contribution in [3.05, 3.63) is 70.9 Å². The minimum Gasteiger partial charge on any atom is -0.350 e. The predicted molar refractivity (Wildman–Crippen MR) is 85.4 cm³/mol. The number of H-pyrrole nitrogens is 1. The molecule has 0 bridgehead atoms. The van der Waals surface area contributed by atoms with Gasteiger partial charge >= 0.3 is 0 Å². The molecule has 3 nitrogen and oxygen atoms in total. The Morgan fingerprint density at radius 1 is 1.09 bits per heavy atom. The molecule has 0 aliphatic rings. The van der Waals surface area contributed by atoms with Crippen molar-refractivity contribution in [1.82, 2.24) is 10.3 Å². The Balaban J connectivity index is 1.68. The number of fused-ring (bicyclic) bond motifs is 1. The van der Waals surface area contributed by atoms with Crippen molar-refractivity contribution < 1.29 is 13.6 Å². The summed E-state index contributed by atoms with van der Waals surface area (Å²) in [5.41, 5.74) is 2.83. The maximum atomic E-state index is 13.3. The van der Waals surface area contributed by atoms with E-state index in [1.54, 1.807) is 25.1 Å². The second kappa shape index (κ2) is 6.20. The van der Waals surface area contributed by atoms with Gasteiger partial charge in [0.1, 0.15) is 17.3 Å². The molecule has 2 aromatic carbocycles. The van der Waals surface area contributed by atoms with E-state index in [9.17, 15) is 13.6 Å². The standard InChI is InChI=1S/C18H16F2N2O/c1-11-15-10-14(20)6-7-16(15)22-17(11)18(23)21-9-8-12-2-4-13(19)5-3-12/h2-7,10,22H,8-9H2,1H3,(H,21,23). The Bertz CT molecular complexity index is 853. The molecule has 23 heavy (non-hydrogen) atoms. The summed E-state index contributed by atoms with van der Waals surface area (Å²) >= 11 is 0. The van der Waals surface area contributed by atoms with Crippen molar-refractivity contribution >= 4 is 16.8 Å². The fourth-order valence-corrected chi connectivity index (χ4v) is 2.59. The number of hydrogen-bond acceptors (Lipinski definition) is 1. The van der Waals surface area contributed by atoms with Crippen LogP contribution in [0, 0.1) is 18.6 Å². The van der Waals surface area contributed by atoms with Crippen LogP contribution in [0.2, 0.25) is 0 Å². The smallest absolute Gasteiger partial charge is 0.268 e. The van der Waals surface area contributed by atoms with Gasteiger partial charge in [-0.15, -0.1) is 0 Å². The molecule has 0 unspecified atom stereocenters. The van der Waals surface area contributed by atoms with Gasteiger partial charge in [0.2, 0.25) is 0 Å². The van der Waals surface area contributed by atoms with Crippen molar-refractivity contribution in [2.75, 3.05) is 6.54 Å². The van der Waals surface area contributed by atoms with E-state index in [0.717, 1.165) is 16.6 Å². The van der Waals surface area contributed by atoms with E-state index in [0.29, 0.717) is 24.0 Å². The Morgan fingerprint density at radius 2 is 1.78 bits per heavy atom. The zero-order valence-corrected chi connectivity index (χ0v) is 12.6. The predicted octanol–water partition coefficient (Wildman–Crippen LogP) is 3.73. The van der Waals surface area contributed by atoms with Gasteiger partial charge in [0.25, 0.3) is 5.91 Å². The van der Waals surface area contributed by atoms with Crippen LogP contribution < -0.4 is 5.32 Å². The highest BCUT2D eigenvalue weighted by Crippen LogP contribution is 2.22. The number of aromatic amines is 1. The molecule has 118 valence electrons. The quantitative estimate of drug-likeness (QED) is 0.757. The number of aromatic nitrogens is 1. The number of nitrogens with one attached hydrogen (secondary N) is 2. The summed E-state index contributed by atoms with van der Waals surface area (Å²) in [4.78, 5) is 15.3. The maximum absolute atomic E-state index is 13.3. The van der Waals surface area contributed by atoms with Crippen LogP contribution >= 0.6 is 0 Å². The Hall–Kier alpha value is -2.69. The van der Waals surface area contributed by atoms with E-state index in [2.05, 4.69) is 10.3 Å². The van der Waals surface area contributed by atoms with Gasteiger partial charge in [-0.25, -0.2) is 8.78 Å². The molecule has 3 rings (SSSR count). The highest BCUT2D eigenvalue weighted by atomic mass is 19.1. The number of carbonyl (C=O) groups excluding carboxylic acids is 1. The van der Waals surface area contributed by atoms with Gasteiger partial charge in [0.05, 0.1) is 0 Å². The first-order valence-electron chi connectivity index (χ1n) is 7.35. The van der Waals surface area contributed by atoms with Crippen LogP contribution in [-0.4, -0.2) is 17.4 Å². The van der Waals surface area contributed by atoms with Crippen molar-refractivity contribution in [1.29, 1.82) is 0 Å². The fourth-order valence-electron chi connectivity index (χ4n) is 2.59. The molecule has 2 N–H and O–H groups in total. The lowest BCUT2D eigenvalue weighted by atomic mass is 10.1. The molecule has 1 aromatic heterocycles. The average molecular weight is 314 g/mol. The third-order valence-electron chi connectivity index (χ3n) is 3.86. The molecule has 0 aliphatic carbocycles. The summed E-state index contributed by atoms with van der Waals surface area (Å²) in [5.74, 6) is -0.845. The Labute approximate surface area is 132 Å². The largest absolute Gasteiger partial charge is 0.350 e. The van der Waals surface area contributed by atoms with Gasteiger partial charge in [-0.2, -0.15) is 0 Å². The van der Waals surface area contributed by atoms with E-state index >= 15 is 0 Å². The molecule has 1 heterocycles. The molecular formula is C18H16F2N2O. The van der Waals surface area contributed by atoms with Crippen LogP contribution in [0.1, 0.15) is 21.6 Å². The first-order valence-corrected chi connectivity index (χ1v) is 7.35. The summed E-state index contributed by atoms with van der Waals surface area (Å²) in [6.07, 6.45) is 0.611. The first kappa shape index (κ1) is 15.2. The van der Waals surface area contributed by atoms with E-state index in [-0.39, 0.29) is 17.5 Å². The molecule has 0 saturated carbocycles. The molecule has 0 spiro atoms. The number of aryl methyl sites for hydroxylation is 1. The highest BCUT2D eigenvalue weighted by molar-refractivity contribution is 6.00. The van der Waals surface area contributed by atoms with Crippen molar-refractivity contribution in [3.63, 3.8) is 0 Å². The van der Waals surface area contributed by atoms with Crippen molar-refractivity contribution in [3.8, 4) is 0 Å². The monoisotopic (exact) mass is 314 g/mol. The Kier molecular flexibility index (Phi) is 4.10. The molecule has 5 heteroatoms. The van der Waals surface area contributed by atoms with Crippen LogP contribution in [0.3, 0.4) is 0 Å². The summed E-state index contributed by atoms with van der Waals surface area (Å²) in [7, 11) is 0. The molecule has 0 saturated heterocycles. The second-order valence-electron chi connectivity index (χ2n) is 5.45. The number of benzene rings is 2. The number of amides is 1. The third kappa shape index (κ3) is 3.23. The van der Waals surface area contributed by atoms with Crippen molar-refractivity contribution in [2.45, 2.75) is 13.3 Å². The lowest BCUT2D eigenvalue weighted by Crippen LogP contribution is -2.26. The first-order chi connectivity index (χ1) is 11.0. The summed E-state index contributed by atoms with van der Waals surface area (Å²) < 4.78 is 26.1. The number of halogens is 2. The van der Waals surface area contributed by atoms with Gasteiger partial charge in [-0.1, -0.05) is 12.1 Å². The van der Waals surface area contributed by atoms with Gasteiger partial charge in [-0.3, -0.25) is 4.79 Å². The fraction of sp³-hybridized carbons (Fsp3) is 0.167. The lowest BCUT2D eigenvalue weighted by molar-refractivity contribution is 0.0949. The summed E-state index contributed by atoms with van der Waals surface area (Å²) in [6, 6.07) is 10.6. The number of rotatable bonds is 4. The topological polar surface area (TPSA) is 44.9 Å². The second-order valence-corrected chi connectivity index (χ2v) is 5.45. The van der Waals surface area contributed by atoms with Gasteiger partial charge in [0.15, 0.2) is 0 Å². The highest BCUT2D eigenvalue weighted by Gasteiger charge is 2.14. The normalized spacial score (nSPS) is 10.9. The van der Waals surface area contributed by atoms with Gasteiger partial charge in [0, 0.05) is 17.4 Å². The SMILES string of the molecule is Cc1c(C(=O)NCCc2ccc(F)cc2)[nH]c2ccc(F)cc12. The molecule has 0 radical (unpaired) electrons. The Morgan fingerprint density at radius 3 is 2.52 bits per heavy atom. The number of carbonyl (C=O) groups is 1. The van der Waals surface area contributed by atoms with Crippen molar-refractivity contribution in [2.24, 2.45) is 0 Å². The molecule has 1 amide bonds. The van der Waals surface area contributed by atoms with Crippen LogP contribution in [0.25, 0.3) is 10.9 Å². The zero-order valence-electron chi connectivity index (χ0n) is 12.6. The average Bonchev–Trinajstić information content (AvgIpc) is 2.86. The van der Waals surface area contributed by atoms with Gasteiger partial charge in [-0.05, 0) is 54.8 Å². The van der Waals surface area contributed by atoms with Crippen LogP contribution in [0.15, 0.2) is 42.5 Å². The van der Waals surface area contributed by atoms with Crippen LogP contribution in [0.4, 0.5) is 8.78 Å². The molecule has 3 aromatic rings. The maximum Gasteiger partial charge on any atom is 0.268 e. The minimum absolute atomic E-state index is 0.235.